The predicted octanol–water partition coefficient (Wildman–Crippen LogP) is 1.54. The van der Waals surface area contributed by atoms with Crippen LogP contribution in [0, 0.1) is 0 Å². The van der Waals surface area contributed by atoms with Crippen molar-refractivity contribution in [3.05, 3.63) is 10.7 Å². The highest BCUT2D eigenvalue weighted by molar-refractivity contribution is 9.10. The Balaban J connectivity index is 2.07. The van der Waals surface area contributed by atoms with Gasteiger partial charge in [-0.15, -0.1) is 0 Å². The van der Waals surface area contributed by atoms with Crippen LogP contribution in [0.15, 0.2) is 10.7 Å². The number of rotatable bonds is 2. The summed E-state index contributed by atoms with van der Waals surface area (Å²) in [5.41, 5.74) is 5.62. The van der Waals surface area contributed by atoms with Crippen LogP contribution in [0.3, 0.4) is 0 Å². The summed E-state index contributed by atoms with van der Waals surface area (Å²) >= 11 is 3.26. The lowest BCUT2D eigenvalue weighted by atomic mass is 9.93. The highest BCUT2D eigenvalue weighted by atomic mass is 79.9. The van der Waals surface area contributed by atoms with Crippen LogP contribution in [0.5, 0.6) is 0 Å². The van der Waals surface area contributed by atoms with Crippen molar-refractivity contribution < 1.29 is 5.11 Å². The molecule has 0 radical (unpaired) electrons. The van der Waals surface area contributed by atoms with Gasteiger partial charge in [0, 0.05) is 6.07 Å². The van der Waals surface area contributed by atoms with E-state index in [1.165, 1.54) is 0 Å². The van der Waals surface area contributed by atoms with Gasteiger partial charge in [-0.25, -0.2) is 4.98 Å². The van der Waals surface area contributed by atoms with Crippen LogP contribution in [0.2, 0.25) is 0 Å². The molecule has 1 heterocycles. The van der Waals surface area contributed by atoms with Crippen LogP contribution in [0.1, 0.15) is 25.7 Å². The predicted molar refractivity (Wildman–Crippen MR) is 66.0 cm³/mol. The quantitative estimate of drug-likeness (QED) is 0.718. The Kier molecular flexibility index (Phi) is 3.60. The van der Waals surface area contributed by atoms with Crippen LogP contribution in [-0.2, 0) is 0 Å². The highest BCUT2D eigenvalue weighted by Gasteiger charge is 2.23. The normalized spacial score (nSPS) is 25.4. The molecule has 88 valence electrons. The molecule has 0 bridgehead atoms. The largest absolute Gasteiger partial charge is 0.391 e. The van der Waals surface area contributed by atoms with Crippen molar-refractivity contribution in [2.24, 2.45) is 0 Å². The molecule has 4 N–H and O–H groups in total. The number of hydrogen-bond acceptors (Lipinski definition) is 5. The molecule has 0 spiro atoms. The average Bonchev–Trinajstić information content (AvgIpc) is 2.20. The van der Waals surface area contributed by atoms with Crippen molar-refractivity contribution in [3.8, 4) is 0 Å². The zero-order chi connectivity index (χ0) is 11.5. The summed E-state index contributed by atoms with van der Waals surface area (Å²) < 4.78 is 0.646. The van der Waals surface area contributed by atoms with Gasteiger partial charge in [-0.1, -0.05) is 12.8 Å². The van der Waals surface area contributed by atoms with Crippen LogP contribution >= 0.6 is 15.9 Å². The van der Waals surface area contributed by atoms with E-state index in [1.807, 2.05) is 0 Å². The molecule has 1 aliphatic carbocycles. The SMILES string of the molecule is Nc1cc(Br)nc(NC2CCCCC2O)n1. The second kappa shape index (κ2) is 4.97. The second-order valence-corrected chi connectivity index (χ2v) is 4.85. The van der Waals surface area contributed by atoms with Gasteiger partial charge in [-0.3, -0.25) is 0 Å². The number of halogens is 1. The van der Waals surface area contributed by atoms with E-state index in [4.69, 9.17) is 5.73 Å². The smallest absolute Gasteiger partial charge is 0.226 e. The maximum atomic E-state index is 9.81. The standard InChI is InChI=1S/C10H15BrN4O/c11-8-5-9(12)15-10(14-8)13-6-3-1-2-4-7(6)16/h5-7,16H,1-4H2,(H3,12,13,14,15). The van der Waals surface area contributed by atoms with E-state index < -0.39 is 0 Å². The first-order valence-electron chi connectivity index (χ1n) is 5.40. The molecule has 1 aromatic heterocycles. The number of aromatic nitrogens is 2. The summed E-state index contributed by atoms with van der Waals surface area (Å²) in [7, 11) is 0. The van der Waals surface area contributed by atoms with Crippen LogP contribution < -0.4 is 11.1 Å². The second-order valence-electron chi connectivity index (χ2n) is 4.04. The molecular formula is C10H15BrN4O. The van der Waals surface area contributed by atoms with E-state index in [1.54, 1.807) is 6.07 Å². The van der Waals surface area contributed by atoms with Gasteiger partial charge in [0.1, 0.15) is 10.4 Å². The Hall–Kier alpha value is -0.880. The van der Waals surface area contributed by atoms with Gasteiger partial charge in [0.05, 0.1) is 12.1 Å². The average molecular weight is 287 g/mol. The molecule has 2 atom stereocenters. The maximum Gasteiger partial charge on any atom is 0.226 e. The summed E-state index contributed by atoms with van der Waals surface area (Å²) in [6.07, 6.45) is 3.66. The number of hydrogen-bond donors (Lipinski definition) is 3. The fourth-order valence-electron chi connectivity index (χ4n) is 1.95. The molecule has 0 amide bonds. The third-order valence-electron chi connectivity index (χ3n) is 2.76. The van der Waals surface area contributed by atoms with Crippen molar-refractivity contribution in [2.75, 3.05) is 11.1 Å². The van der Waals surface area contributed by atoms with Crippen LogP contribution in [0.25, 0.3) is 0 Å². The lowest BCUT2D eigenvalue weighted by Gasteiger charge is -2.28. The number of nitrogens with one attached hydrogen (secondary N) is 1. The molecular weight excluding hydrogens is 272 g/mol. The lowest BCUT2D eigenvalue weighted by molar-refractivity contribution is 0.116. The number of nitrogen functional groups attached to an aromatic ring is 1. The summed E-state index contributed by atoms with van der Waals surface area (Å²) in [6.45, 7) is 0. The summed E-state index contributed by atoms with van der Waals surface area (Å²) in [5, 5.41) is 12.9. The van der Waals surface area contributed by atoms with Crippen LogP contribution in [-0.4, -0.2) is 27.2 Å². The molecule has 6 heteroatoms. The Morgan fingerprint density at radius 1 is 1.38 bits per heavy atom. The summed E-state index contributed by atoms with van der Waals surface area (Å²) in [6, 6.07) is 1.67. The van der Waals surface area contributed by atoms with E-state index in [0.717, 1.165) is 25.7 Å². The molecule has 0 aliphatic heterocycles. The fourth-order valence-corrected chi connectivity index (χ4v) is 2.35. The topological polar surface area (TPSA) is 84.1 Å². The summed E-state index contributed by atoms with van der Waals surface area (Å²) in [5.74, 6) is 0.882. The van der Waals surface area contributed by atoms with Gasteiger partial charge >= 0.3 is 0 Å². The zero-order valence-corrected chi connectivity index (χ0v) is 10.4. The van der Waals surface area contributed by atoms with Crippen molar-refractivity contribution in [1.29, 1.82) is 0 Å². The molecule has 1 fully saturated rings. The van der Waals surface area contributed by atoms with E-state index in [0.29, 0.717) is 16.4 Å². The number of aliphatic hydroxyl groups excluding tert-OH is 1. The molecule has 16 heavy (non-hydrogen) atoms. The lowest BCUT2D eigenvalue weighted by Crippen LogP contribution is -2.36. The van der Waals surface area contributed by atoms with E-state index in [9.17, 15) is 5.11 Å². The number of nitrogens with zero attached hydrogens (tertiary/aromatic N) is 2. The Morgan fingerprint density at radius 3 is 2.81 bits per heavy atom. The van der Waals surface area contributed by atoms with Gasteiger partial charge in [0.25, 0.3) is 0 Å². The van der Waals surface area contributed by atoms with Crippen molar-refractivity contribution in [2.45, 2.75) is 37.8 Å². The molecule has 5 nitrogen and oxygen atoms in total. The molecule has 2 rings (SSSR count). The van der Waals surface area contributed by atoms with Gasteiger partial charge in [-0.2, -0.15) is 4.98 Å². The first kappa shape index (κ1) is 11.6. The summed E-state index contributed by atoms with van der Waals surface area (Å²) in [4.78, 5) is 8.24. The van der Waals surface area contributed by atoms with Gasteiger partial charge in [0.15, 0.2) is 0 Å². The maximum absolute atomic E-state index is 9.81. The molecule has 1 saturated carbocycles. The fraction of sp³-hybridized carbons (Fsp3) is 0.600. The number of nitrogens with two attached hydrogens (primary N) is 1. The molecule has 1 aliphatic rings. The Bertz CT molecular complexity index is 354. The minimum absolute atomic E-state index is 0.0300. The molecule has 0 aromatic carbocycles. The first-order valence-corrected chi connectivity index (χ1v) is 6.19. The number of aliphatic hydroxyl groups is 1. The van der Waals surface area contributed by atoms with E-state index >= 15 is 0 Å². The van der Waals surface area contributed by atoms with Gasteiger partial charge < -0.3 is 16.2 Å². The molecule has 0 saturated heterocycles. The Labute approximate surface area is 103 Å². The van der Waals surface area contributed by atoms with Crippen molar-refractivity contribution in [3.63, 3.8) is 0 Å². The Morgan fingerprint density at radius 2 is 2.12 bits per heavy atom. The third-order valence-corrected chi connectivity index (χ3v) is 3.16. The highest BCUT2D eigenvalue weighted by Crippen LogP contribution is 2.22. The first-order chi connectivity index (χ1) is 7.65. The minimum Gasteiger partial charge on any atom is -0.391 e. The molecule has 2 unspecified atom stereocenters. The molecule has 1 aromatic rings. The van der Waals surface area contributed by atoms with E-state index in [2.05, 4.69) is 31.2 Å². The van der Waals surface area contributed by atoms with Gasteiger partial charge in [0.2, 0.25) is 5.95 Å². The van der Waals surface area contributed by atoms with Crippen LogP contribution in [0.4, 0.5) is 11.8 Å². The number of anilines is 2. The third kappa shape index (κ3) is 2.82. The minimum atomic E-state index is -0.322. The van der Waals surface area contributed by atoms with Crippen molar-refractivity contribution in [1.82, 2.24) is 9.97 Å². The van der Waals surface area contributed by atoms with Gasteiger partial charge in [-0.05, 0) is 28.8 Å². The zero-order valence-electron chi connectivity index (χ0n) is 8.86. The van der Waals surface area contributed by atoms with Crippen molar-refractivity contribution >= 4 is 27.7 Å². The monoisotopic (exact) mass is 286 g/mol. The van der Waals surface area contributed by atoms with E-state index in [-0.39, 0.29) is 12.1 Å².